The maximum atomic E-state index is 12.5. The summed E-state index contributed by atoms with van der Waals surface area (Å²) < 4.78 is 26.8. The van der Waals surface area contributed by atoms with Crippen LogP contribution in [-0.4, -0.2) is 36.0 Å². The Kier molecular flexibility index (Phi) is 5.11. The summed E-state index contributed by atoms with van der Waals surface area (Å²) in [7, 11) is -3.66. The predicted molar refractivity (Wildman–Crippen MR) is 78.2 cm³/mol. The van der Waals surface area contributed by atoms with Crippen LogP contribution in [0.4, 0.5) is 0 Å². The molecule has 0 aromatic carbocycles. The smallest absolute Gasteiger partial charge is 0.252 e. The van der Waals surface area contributed by atoms with Crippen LogP contribution in [-0.2, 0) is 16.6 Å². The summed E-state index contributed by atoms with van der Waals surface area (Å²) in [5.41, 5.74) is 0.757. The molecule has 0 radical (unpaired) electrons. The number of thiophene rings is 1. The van der Waals surface area contributed by atoms with Gasteiger partial charge in [-0.1, -0.05) is 17.7 Å². The molecular weight excluding hydrogens is 320 g/mol. The molecule has 0 atom stereocenters. The summed E-state index contributed by atoms with van der Waals surface area (Å²) in [6.45, 7) is -0.0718. The molecule has 0 aliphatic rings. The van der Waals surface area contributed by atoms with Gasteiger partial charge < -0.3 is 5.11 Å². The Bertz CT molecular complexity index is 658. The molecule has 0 spiro atoms. The van der Waals surface area contributed by atoms with Crippen LogP contribution in [0.15, 0.2) is 40.9 Å². The highest BCUT2D eigenvalue weighted by Gasteiger charge is 2.25. The van der Waals surface area contributed by atoms with Crippen LogP contribution in [0.25, 0.3) is 0 Å². The Morgan fingerprint density at radius 2 is 2.15 bits per heavy atom. The Hall–Kier alpha value is -0.990. The SMILES string of the molecule is O=S(=O)(c1ccc(Cl)s1)N(CCO)Cc1cccnc1. The fourth-order valence-corrected chi connectivity index (χ4v) is 4.71. The number of rotatable bonds is 6. The average molecular weight is 333 g/mol. The zero-order valence-electron chi connectivity index (χ0n) is 10.4. The van der Waals surface area contributed by atoms with Gasteiger partial charge in [-0.3, -0.25) is 4.98 Å². The van der Waals surface area contributed by atoms with Crippen LogP contribution >= 0.6 is 22.9 Å². The first-order valence-electron chi connectivity index (χ1n) is 5.79. The van der Waals surface area contributed by atoms with E-state index >= 15 is 0 Å². The predicted octanol–water partition coefficient (Wildman–Crippen LogP) is 1.98. The Morgan fingerprint density at radius 1 is 1.35 bits per heavy atom. The van der Waals surface area contributed by atoms with E-state index in [2.05, 4.69) is 4.98 Å². The first kappa shape index (κ1) is 15.4. The van der Waals surface area contributed by atoms with E-state index in [9.17, 15) is 8.42 Å². The number of aromatic nitrogens is 1. The summed E-state index contributed by atoms with van der Waals surface area (Å²) in [5, 5.41) is 9.09. The quantitative estimate of drug-likeness (QED) is 0.878. The number of aliphatic hydroxyl groups excluding tert-OH is 1. The van der Waals surface area contributed by atoms with Gasteiger partial charge in [0.1, 0.15) is 4.21 Å². The molecule has 0 fully saturated rings. The van der Waals surface area contributed by atoms with Crippen molar-refractivity contribution in [1.29, 1.82) is 0 Å². The number of halogens is 1. The molecule has 5 nitrogen and oxygen atoms in total. The normalized spacial score (nSPS) is 11.9. The molecule has 2 rings (SSSR count). The van der Waals surface area contributed by atoms with Crippen molar-refractivity contribution >= 4 is 33.0 Å². The molecule has 0 aliphatic carbocycles. The highest BCUT2D eigenvalue weighted by atomic mass is 35.5. The minimum atomic E-state index is -3.66. The van der Waals surface area contributed by atoms with E-state index in [0.717, 1.165) is 16.9 Å². The summed E-state index contributed by atoms with van der Waals surface area (Å²) >= 11 is 6.78. The van der Waals surface area contributed by atoms with E-state index in [4.69, 9.17) is 16.7 Å². The number of nitrogens with zero attached hydrogens (tertiary/aromatic N) is 2. The molecule has 20 heavy (non-hydrogen) atoms. The second-order valence-electron chi connectivity index (χ2n) is 3.98. The van der Waals surface area contributed by atoms with Gasteiger partial charge in [-0.25, -0.2) is 8.42 Å². The van der Waals surface area contributed by atoms with Gasteiger partial charge in [0, 0.05) is 25.5 Å². The third-order valence-corrected chi connectivity index (χ3v) is 6.12. The van der Waals surface area contributed by atoms with E-state index in [0.29, 0.717) is 4.34 Å². The van der Waals surface area contributed by atoms with Crippen LogP contribution in [0.5, 0.6) is 0 Å². The van der Waals surface area contributed by atoms with Crippen LogP contribution in [0.1, 0.15) is 5.56 Å². The molecule has 2 heterocycles. The number of sulfonamides is 1. The van der Waals surface area contributed by atoms with Crippen LogP contribution < -0.4 is 0 Å². The van der Waals surface area contributed by atoms with Crippen LogP contribution in [0.2, 0.25) is 4.34 Å². The largest absolute Gasteiger partial charge is 0.395 e. The van der Waals surface area contributed by atoms with Crippen molar-refractivity contribution in [2.24, 2.45) is 0 Å². The number of hydrogen-bond donors (Lipinski definition) is 1. The molecule has 108 valence electrons. The molecule has 2 aromatic heterocycles. The Balaban J connectivity index is 2.28. The van der Waals surface area contributed by atoms with E-state index in [1.165, 1.54) is 10.4 Å². The summed E-state index contributed by atoms with van der Waals surface area (Å²) in [5.74, 6) is 0. The topological polar surface area (TPSA) is 70.5 Å². The summed E-state index contributed by atoms with van der Waals surface area (Å²) in [6, 6.07) is 6.53. The third-order valence-electron chi connectivity index (χ3n) is 2.57. The van der Waals surface area contributed by atoms with E-state index in [1.807, 2.05) is 0 Å². The Labute approximate surface area is 126 Å². The van der Waals surface area contributed by atoms with Gasteiger partial charge in [-0.2, -0.15) is 4.31 Å². The maximum Gasteiger partial charge on any atom is 0.252 e. The highest BCUT2D eigenvalue weighted by molar-refractivity contribution is 7.91. The van der Waals surface area contributed by atoms with E-state index < -0.39 is 10.0 Å². The lowest BCUT2D eigenvalue weighted by Crippen LogP contribution is -2.32. The molecule has 0 unspecified atom stereocenters. The lowest BCUT2D eigenvalue weighted by molar-refractivity contribution is 0.251. The van der Waals surface area contributed by atoms with Gasteiger partial charge in [-0.15, -0.1) is 11.3 Å². The van der Waals surface area contributed by atoms with Crippen molar-refractivity contribution in [1.82, 2.24) is 9.29 Å². The zero-order chi connectivity index (χ0) is 14.6. The molecule has 0 bridgehead atoms. The van der Waals surface area contributed by atoms with Crippen molar-refractivity contribution in [2.75, 3.05) is 13.2 Å². The lowest BCUT2D eigenvalue weighted by Gasteiger charge is -2.20. The number of aliphatic hydroxyl groups is 1. The monoisotopic (exact) mass is 332 g/mol. The van der Waals surface area contributed by atoms with Crippen molar-refractivity contribution in [3.8, 4) is 0 Å². The molecule has 2 aromatic rings. The van der Waals surface area contributed by atoms with E-state index in [-0.39, 0.29) is 23.9 Å². The van der Waals surface area contributed by atoms with Crippen molar-refractivity contribution in [2.45, 2.75) is 10.8 Å². The molecule has 0 saturated heterocycles. The first-order valence-corrected chi connectivity index (χ1v) is 8.43. The number of hydrogen-bond acceptors (Lipinski definition) is 5. The lowest BCUT2D eigenvalue weighted by atomic mass is 10.3. The maximum absolute atomic E-state index is 12.5. The standard InChI is InChI=1S/C12H13ClN2O3S2/c13-11-3-4-12(19-11)20(17,18)15(6-7-16)9-10-2-1-5-14-8-10/h1-5,8,16H,6-7,9H2. The van der Waals surface area contributed by atoms with Crippen molar-refractivity contribution in [3.63, 3.8) is 0 Å². The van der Waals surface area contributed by atoms with Crippen LogP contribution in [0.3, 0.4) is 0 Å². The van der Waals surface area contributed by atoms with Gasteiger partial charge in [0.15, 0.2) is 0 Å². The third kappa shape index (κ3) is 3.56. The zero-order valence-corrected chi connectivity index (χ0v) is 12.8. The van der Waals surface area contributed by atoms with Gasteiger partial charge in [0.25, 0.3) is 10.0 Å². The van der Waals surface area contributed by atoms with Crippen LogP contribution in [0, 0.1) is 0 Å². The summed E-state index contributed by atoms with van der Waals surface area (Å²) in [4.78, 5) is 3.95. The van der Waals surface area contributed by atoms with Gasteiger partial charge in [-0.05, 0) is 23.8 Å². The Morgan fingerprint density at radius 3 is 2.70 bits per heavy atom. The minimum Gasteiger partial charge on any atom is -0.395 e. The van der Waals surface area contributed by atoms with Crippen molar-refractivity contribution in [3.05, 3.63) is 46.6 Å². The molecule has 0 aliphatic heterocycles. The van der Waals surface area contributed by atoms with Gasteiger partial charge >= 0.3 is 0 Å². The summed E-state index contributed by atoms with van der Waals surface area (Å²) in [6.07, 6.45) is 3.22. The number of pyridine rings is 1. The highest BCUT2D eigenvalue weighted by Crippen LogP contribution is 2.28. The second-order valence-corrected chi connectivity index (χ2v) is 7.86. The fourth-order valence-electron chi connectivity index (χ4n) is 1.65. The van der Waals surface area contributed by atoms with Crippen molar-refractivity contribution < 1.29 is 13.5 Å². The fraction of sp³-hybridized carbons (Fsp3) is 0.250. The molecule has 8 heteroatoms. The average Bonchev–Trinajstić information content (AvgIpc) is 2.87. The molecule has 1 N–H and O–H groups in total. The molecule has 0 saturated carbocycles. The first-order chi connectivity index (χ1) is 9.54. The van der Waals surface area contributed by atoms with Gasteiger partial charge in [0.2, 0.25) is 0 Å². The second kappa shape index (κ2) is 6.64. The molecular formula is C12H13ClN2O3S2. The molecule has 0 amide bonds. The minimum absolute atomic E-state index is 0.0206. The van der Waals surface area contributed by atoms with Gasteiger partial charge in [0.05, 0.1) is 10.9 Å². The van der Waals surface area contributed by atoms with E-state index in [1.54, 1.807) is 30.6 Å².